The van der Waals surface area contributed by atoms with Gasteiger partial charge in [0.1, 0.15) is 11.4 Å². The van der Waals surface area contributed by atoms with E-state index in [0.29, 0.717) is 23.7 Å². The summed E-state index contributed by atoms with van der Waals surface area (Å²) in [5, 5.41) is 6.13. The lowest BCUT2D eigenvalue weighted by molar-refractivity contribution is 0.102. The molecule has 0 saturated carbocycles. The molecule has 0 atom stereocenters. The summed E-state index contributed by atoms with van der Waals surface area (Å²) in [6.45, 7) is 4.47. The molecular formula is C21H21N3O2. The Morgan fingerprint density at radius 2 is 1.81 bits per heavy atom. The summed E-state index contributed by atoms with van der Waals surface area (Å²) in [5.41, 5.74) is 3.90. The van der Waals surface area contributed by atoms with Crippen LogP contribution in [0.3, 0.4) is 0 Å². The van der Waals surface area contributed by atoms with Crippen LogP contribution >= 0.6 is 0 Å². The number of rotatable bonds is 6. The van der Waals surface area contributed by atoms with Gasteiger partial charge in [0.2, 0.25) is 0 Å². The van der Waals surface area contributed by atoms with Crippen LogP contribution in [-0.2, 0) is 0 Å². The van der Waals surface area contributed by atoms with Crippen molar-refractivity contribution >= 4 is 23.0 Å². The van der Waals surface area contributed by atoms with E-state index in [9.17, 15) is 4.79 Å². The minimum Gasteiger partial charge on any atom is -0.492 e. The quantitative estimate of drug-likeness (QED) is 0.673. The van der Waals surface area contributed by atoms with Gasteiger partial charge in [0.15, 0.2) is 0 Å². The third-order valence-corrected chi connectivity index (χ3v) is 3.77. The molecule has 0 unspecified atom stereocenters. The van der Waals surface area contributed by atoms with Crippen molar-refractivity contribution in [2.45, 2.75) is 13.8 Å². The summed E-state index contributed by atoms with van der Waals surface area (Å²) in [5.74, 6) is 0.349. The molecule has 0 aliphatic heterocycles. The van der Waals surface area contributed by atoms with Crippen molar-refractivity contribution in [2.24, 2.45) is 0 Å². The largest absolute Gasteiger partial charge is 0.492 e. The molecule has 1 aromatic heterocycles. The lowest BCUT2D eigenvalue weighted by Gasteiger charge is -2.12. The SMILES string of the molecule is CCOc1ccccc1NC(=O)c1cc(Nc2ccc(C)cc2)ccn1. The molecule has 5 nitrogen and oxygen atoms in total. The maximum atomic E-state index is 12.6. The zero-order valence-electron chi connectivity index (χ0n) is 14.8. The zero-order valence-corrected chi connectivity index (χ0v) is 14.8. The van der Waals surface area contributed by atoms with E-state index in [1.807, 2.05) is 62.4 Å². The number of nitrogens with zero attached hydrogens (tertiary/aromatic N) is 1. The van der Waals surface area contributed by atoms with Crippen LogP contribution in [0.15, 0.2) is 66.9 Å². The lowest BCUT2D eigenvalue weighted by Crippen LogP contribution is -2.14. The second kappa shape index (κ2) is 8.16. The van der Waals surface area contributed by atoms with E-state index in [2.05, 4.69) is 15.6 Å². The van der Waals surface area contributed by atoms with Crippen molar-refractivity contribution in [1.82, 2.24) is 4.98 Å². The highest BCUT2D eigenvalue weighted by Crippen LogP contribution is 2.24. The Morgan fingerprint density at radius 1 is 1.04 bits per heavy atom. The van der Waals surface area contributed by atoms with Crippen LogP contribution in [0, 0.1) is 6.92 Å². The van der Waals surface area contributed by atoms with Crippen molar-refractivity contribution in [1.29, 1.82) is 0 Å². The van der Waals surface area contributed by atoms with Crippen LogP contribution in [0.1, 0.15) is 23.0 Å². The fourth-order valence-electron chi connectivity index (χ4n) is 2.47. The molecule has 3 aromatic rings. The van der Waals surface area contributed by atoms with Gasteiger partial charge in [-0.05, 0) is 50.2 Å². The third-order valence-electron chi connectivity index (χ3n) is 3.77. The molecule has 0 radical (unpaired) electrons. The highest BCUT2D eigenvalue weighted by atomic mass is 16.5. The van der Waals surface area contributed by atoms with E-state index in [1.54, 1.807) is 18.3 Å². The van der Waals surface area contributed by atoms with Gasteiger partial charge < -0.3 is 15.4 Å². The van der Waals surface area contributed by atoms with Gasteiger partial charge in [-0.3, -0.25) is 9.78 Å². The summed E-state index contributed by atoms with van der Waals surface area (Å²) in [6.07, 6.45) is 1.61. The summed E-state index contributed by atoms with van der Waals surface area (Å²) in [6, 6.07) is 18.9. The van der Waals surface area contributed by atoms with Crippen molar-refractivity contribution in [3.8, 4) is 5.75 Å². The molecule has 2 N–H and O–H groups in total. The van der Waals surface area contributed by atoms with E-state index in [-0.39, 0.29) is 5.91 Å². The van der Waals surface area contributed by atoms with E-state index >= 15 is 0 Å². The summed E-state index contributed by atoms with van der Waals surface area (Å²) in [7, 11) is 0. The molecule has 5 heteroatoms. The van der Waals surface area contributed by atoms with Crippen molar-refractivity contribution in [3.63, 3.8) is 0 Å². The normalized spacial score (nSPS) is 10.2. The number of para-hydroxylation sites is 2. The molecule has 0 spiro atoms. The molecular weight excluding hydrogens is 326 g/mol. The van der Waals surface area contributed by atoms with Gasteiger partial charge in [0.05, 0.1) is 12.3 Å². The van der Waals surface area contributed by atoms with Crippen molar-refractivity contribution in [3.05, 3.63) is 78.1 Å². The van der Waals surface area contributed by atoms with Crippen molar-refractivity contribution in [2.75, 3.05) is 17.2 Å². The monoisotopic (exact) mass is 347 g/mol. The van der Waals surface area contributed by atoms with Gasteiger partial charge in [0.25, 0.3) is 5.91 Å². The molecule has 0 bridgehead atoms. The van der Waals surface area contributed by atoms with Gasteiger partial charge in [-0.15, -0.1) is 0 Å². The van der Waals surface area contributed by atoms with Gasteiger partial charge in [-0.25, -0.2) is 0 Å². The molecule has 26 heavy (non-hydrogen) atoms. The summed E-state index contributed by atoms with van der Waals surface area (Å²) >= 11 is 0. The molecule has 0 saturated heterocycles. The number of aromatic nitrogens is 1. The number of anilines is 3. The Morgan fingerprint density at radius 3 is 2.58 bits per heavy atom. The van der Waals surface area contributed by atoms with Gasteiger partial charge >= 0.3 is 0 Å². The molecule has 0 aliphatic rings. The van der Waals surface area contributed by atoms with E-state index in [0.717, 1.165) is 11.4 Å². The molecule has 3 rings (SSSR count). The maximum absolute atomic E-state index is 12.6. The van der Waals surface area contributed by atoms with Crippen LogP contribution in [0.2, 0.25) is 0 Å². The van der Waals surface area contributed by atoms with Crippen molar-refractivity contribution < 1.29 is 9.53 Å². The predicted molar refractivity (Wildman–Crippen MR) is 104 cm³/mol. The number of carbonyl (C=O) groups is 1. The van der Waals surface area contributed by atoms with Gasteiger partial charge in [-0.2, -0.15) is 0 Å². The van der Waals surface area contributed by atoms with E-state index < -0.39 is 0 Å². The molecule has 132 valence electrons. The minimum atomic E-state index is -0.287. The fourth-order valence-corrected chi connectivity index (χ4v) is 2.47. The Bertz CT molecular complexity index is 892. The van der Waals surface area contributed by atoms with Crippen LogP contribution < -0.4 is 15.4 Å². The summed E-state index contributed by atoms with van der Waals surface area (Å²) < 4.78 is 5.54. The number of carbonyl (C=O) groups excluding carboxylic acids is 1. The number of hydrogen-bond donors (Lipinski definition) is 2. The average molecular weight is 347 g/mol. The Balaban J connectivity index is 1.75. The second-order valence-electron chi connectivity index (χ2n) is 5.80. The zero-order chi connectivity index (χ0) is 18.4. The van der Waals surface area contributed by atoms with Crippen LogP contribution in [-0.4, -0.2) is 17.5 Å². The summed E-state index contributed by atoms with van der Waals surface area (Å²) in [4.78, 5) is 16.7. The topological polar surface area (TPSA) is 63.2 Å². The number of hydrogen-bond acceptors (Lipinski definition) is 4. The standard InChI is InChI=1S/C21H21N3O2/c1-3-26-20-7-5-4-6-18(20)24-21(25)19-14-17(12-13-22-19)23-16-10-8-15(2)9-11-16/h4-14H,3H2,1-2H3,(H,22,23)(H,24,25). The first kappa shape index (κ1) is 17.5. The highest BCUT2D eigenvalue weighted by Gasteiger charge is 2.11. The third kappa shape index (κ3) is 4.39. The Kier molecular flexibility index (Phi) is 5.49. The average Bonchev–Trinajstić information content (AvgIpc) is 2.66. The maximum Gasteiger partial charge on any atom is 0.274 e. The van der Waals surface area contributed by atoms with Crippen LogP contribution in [0.5, 0.6) is 5.75 Å². The Labute approximate surface area is 153 Å². The number of amides is 1. The number of pyridine rings is 1. The predicted octanol–water partition coefficient (Wildman–Crippen LogP) is 4.78. The first-order valence-corrected chi connectivity index (χ1v) is 8.48. The number of benzene rings is 2. The second-order valence-corrected chi connectivity index (χ2v) is 5.80. The number of nitrogens with one attached hydrogen (secondary N) is 2. The first-order chi connectivity index (χ1) is 12.7. The smallest absolute Gasteiger partial charge is 0.274 e. The van der Waals surface area contributed by atoms with Crippen LogP contribution in [0.4, 0.5) is 17.1 Å². The van der Waals surface area contributed by atoms with Gasteiger partial charge in [0, 0.05) is 17.6 Å². The Hall–Kier alpha value is -3.34. The first-order valence-electron chi connectivity index (χ1n) is 8.48. The van der Waals surface area contributed by atoms with Gasteiger partial charge in [-0.1, -0.05) is 29.8 Å². The molecule has 1 amide bonds. The highest BCUT2D eigenvalue weighted by molar-refractivity contribution is 6.04. The molecule has 0 fully saturated rings. The molecule has 0 aliphatic carbocycles. The van der Waals surface area contributed by atoms with Crippen LogP contribution in [0.25, 0.3) is 0 Å². The number of ether oxygens (including phenoxy) is 1. The van der Waals surface area contributed by atoms with E-state index in [1.165, 1.54) is 5.56 Å². The van der Waals surface area contributed by atoms with E-state index in [4.69, 9.17) is 4.74 Å². The molecule has 2 aromatic carbocycles. The lowest BCUT2D eigenvalue weighted by atomic mass is 10.2. The fraction of sp³-hybridized carbons (Fsp3) is 0.143. The minimum absolute atomic E-state index is 0.287. The molecule has 1 heterocycles. The number of aryl methyl sites for hydroxylation is 1.